The smallest absolute Gasteiger partial charge is 0.292 e. The van der Waals surface area contributed by atoms with Gasteiger partial charge in [0, 0.05) is 25.1 Å². The van der Waals surface area contributed by atoms with Crippen LogP contribution in [0.5, 0.6) is 0 Å². The average molecular weight is 250 g/mol. The number of hydrogen-bond donors (Lipinski definition) is 0. The molecule has 1 fully saturated rings. The molecule has 1 atom stereocenters. The predicted octanol–water partition coefficient (Wildman–Crippen LogP) is 1.96. The number of likely N-dealkylation sites (tertiary alicyclic amines) is 1. The highest BCUT2D eigenvalue weighted by Crippen LogP contribution is 2.22. The molecule has 0 spiro atoms. The normalized spacial score (nSPS) is 19.9. The molecule has 1 aromatic rings. The molecule has 0 aromatic carbocycles. The van der Waals surface area contributed by atoms with Gasteiger partial charge in [0.25, 0.3) is 5.91 Å². The topological polar surface area (TPSA) is 63.4 Å². The molecule has 1 aliphatic heterocycles. The molecule has 5 heteroatoms. The van der Waals surface area contributed by atoms with Crippen molar-refractivity contribution in [3.05, 3.63) is 17.5 Å². The minimum Gasteiger partial charge on any atom is -0.351 e. The number of nitrogens with zero attached hydrogens (tertiary/aromatic N) is 2. The number of aryl methyl sites for hydroxylation is 1. The van der Waals surface area contributed by atoms with Crippen molar-refractivity contribution in [2.24, 2.45) is 0 Å². The summed E-state index contributed by atoms with van der Waals surface area (Å²) in [6.45, 7) is 4.04. The molecule has 0 saturated carbocycles. The van der Waals surface area contributed by atoms with Crippen molar-refractivity contribution in [2.45, 2.75) is 45.6 Å². The molecule has 2 rings (SSSR count). The van der Waals surface area contributed by atoms with Gasteiger partial charge in [-0.3, -0.25) is 9.59 Å². The fourth-order valence-electron chi connectivity index (χ4n) is 2.42. The Kier molecular flexibility index (Phi) is 3.79. The Hall–Kier alpha value is -1.65. The molecule has 0 bridgehead atoms. The predicted molar refractivity (Wildman–Crippen MR) is 65.2 cm³/mol. The quantitative estimate of drug-likeness (QED) is 0.822. The Morgan fingerprint density at radius 2 is 2.28 bits per heavy atom. The van der Waals surface area contributed by atoms with E-state index in [0.29, 0.717) is 18.7 Å². The van der Waals surface area contributed by atoms with Crippen LogP contribution in [0.2, 0.25) is 0 Å². The van der Waals surface area contributed by atoms with E-state index in [1.54, 1.807) is 24.8 Å². The van der Waals surface area contributed by atoms with Gasteiger partial charge in [0.15, 0.2) is 0 Å². The Labute approximate surface area is 106 Å². The summed E-state index contributed by atoms with van der Waals surface area (Å²) in [7, 11) is 0. The molecule has 1 saturated heterocycles. The molecule has 1 unspecified atom stereocenters. The second-order valence-electron chi connectivity index (χ2n) is 4.89. The van der Waals surface area contributed by atoms with E-state index in [2.05, 4.69) is 5.16 Å². The van der Waals surface area contributed by atoms with E-state index in [1.165, 1.54) is 0 Å². The molecule has 2 heterocycles. The first-order valence-electron chi connectivity index (χ1n) is 6.31. The second kappa shape index (κ2) is 5.33. The zero-order valence-corrected chi connectivity index (χ0v) is 10.8. The van der Waals surface area contributed by atoms with E-state index in [4.69, 9.17) is 4.52 Å². The fraction of sp³-hybridized carbons (Fsp3) is 0.615. The van der Waals surface area contributed by atoms with Crippen molar-refractivity contribution in [2.75, 3.05) is 6.54 Å². The van der Waals surface area contributed by atoms with Crippen molar-refractivity contribution in [3.8, 4) is 0 Å². The summed E-state index contributed by atoms with van der Waals surface area (Å²) in [6, 6.07) is 1.65. The van der Waals surface area contributed by atoms with Gasteiger partial charge in [-0.15, -0.1) is 0 Å². The summed E-state index contributed by atoms with van der Waals surface area (Å²) < 4.78 is 5.01. The molecule has 0 N–H and O–H groups in total. The largest absolute Gasteiger partial charge is 0.351 e. The number of rotatable bonds is 3. The first kappa shape index (κ1) is 12.8. The van der Waals surface area contributed by atoms with Crippen molar-refractivity contribution in [3.63, 3.8) is 0 Å². The fourth-order valence-corrected chi connectivity index (χ4v) is 2.42. The number of carbonyl (C=O) groups excluding carboxylic acids is 2. The van der Waals surface area contributed by atoms with Crippen molar-refractivity contribution in [1.82, 2.24) is 10.1 Å². The van der Waals surface area contributed by atoms with E-state index < -0.39 is 0 Å². The van der Waals surface area contributed by atoms with Crippen LogP contribution in [0, 0.1) is 6.92 Å². The van der Waals surface area contributed by atoms with Crippen molar-refractivity contribution < 1.29 is 14.1 Å². The first-order chi connectivity index (χ1) is 8.58. The van der Waals surface area contributed by atoms with Crippen LogP contribution in [-0.2, 0) is 4.79 Å². The van der Waals surface area contributed by atoms with Crippen LogP contribution < -0.4 is 0 Å². The lowest BCUT2D eigenvalue weighted by Gasteiger charge is -2.34. The van der Waals surface area contributed by atoms with Crippen LogP contribution in [0.15, 0.2) is 10.6 Å². The number of hydrogen-bond acceptors (Lipinski definition) is 4. The lowest BCUT2D eigenvalue weighted by atomic mass is 9.97. The monoisotopic (exact) mass is 250 g/mol. The minimum absolute atomic E-state index is 0.00848. The maximum atomic E-state index is 12.3. The Bertz CT molecular complexity index is 453. The number of piperidine rings is 1. The summed E-state index contributed by atoms with van der Waals surface area (Å²) in [5.74, 6) is 0.234. The number of ketones is 1. The van der Waals surface area contributed by atoms with Gasteiger partial charge >= 0.3 is 0 Å². The highest BCUT2D eigenvalue weighted by atomic mass is 16.5. The molecule has 1 aliphatic rings. The molecular weight excluding hydrogens is 232 g/mol. The molecule has 5 nitrogen and oxygen atoms in total. The zero-order valence-electron chi connectivity index (χ0n) is 10.8. The third-order valence-electron chi connectivity index (χ3n) is 3.25. The van der Waals surface area contributed by atoms with Gasteiger partial charge in [0.1, 0.15) is 5.78 Å². The van der Waals surface area contributed by atoms with Gasteiger partial charge in [-0.2, -0.15) is 0 Å². The molecular formula is C13H18N2O3. The van der Waals surface area contributed by atoms with Crippen LogP contribution in [0.25, 0.3) is 0 Å². The number of Topliss-reactive ketones (excluding diaryl/α,β-unsaturated/α-hetero) is 1. The molecule has 18 heavy (non-hydrogen) atoms. The lowest BCUT2D eigenvalue weighted by molar-refractivity contribution is -0.118. The third kappa shape index (κ3) is 2.78. The SMILES string of the molecule is CC(=O)CC1CCCCN1C(=O)c1cc(C)no1. The summed E-state index contributed by atoms with van der Waals surface area (Å²) in [5, 5.41) is 3.73. The van der Waals surface area contributed by atoms with E-state index in [1.807, 2.05) is 0 Å². The zero-order chi connectivity index (χ0) is 13.1. The molecule has 1 aromatic heterocycles. The second-order valence-corrected chi connectivity index (χ2v) is 4.89. The molecule has 0 radical (unpaired) electrons. The lowest BCUT2D eigenvalue weighted by Crippen LogP contribution is -2.44. The van der Waals surface area contributed by atoms with E-state index in [0.717, 1.165) is 19.3 Å². The maximum absolute atomic E-state index is 12.3. The van der Waals surface area contributed by atoms with Crippen LogP contribution in [0.3, 0.4) is 0 Å². The Morgan fingerprint density at radius 3 is 2.89 bits per heavy atom. The van der Waals surface area contributed by atoms with Gasteiger partial charge in [0.05, 0.1) is 5.69 Å². The van der Waals surface area contributed by atoms with Gasteiger partial charge < -0.3 is 9.42 Å². The van der Waals surface area contributed by atoms with Crippen molar-refractivity contribution >= 4 is 11.7 Å². The number of aromatic nitrogens is 1. The van der Waals surface area contributed by atoms with Crippen LogP contribution in [0.1, 0.15) is 48.9 Å². The van der Waals surface area contributed by atoms with Gasteiger partial charge in [0.2, 0.25) is 5.76 Å². The third-order valence-corrected chi connectivity index (χ3v) is 3.25. The van der Waals surface area contributed by atoms with Crippen molar-refractivity contribution in [1.29, 1.82) is 0 Å². The highest BCUT2D eigenvalue weighted by molar-refractivity contribution is 5.92. The van der Waals surface area contributed by atoms with Gasteiger partial charge in [-0.1, -0.05) is 5.16 Å². The molecule has 98 valence electrons. The standard InChI is InChI=1S/C13H18N2O3/c1-9-7-12(18-14-9)13(17)15-6-4-3-5-11(15)8-10(2)16/h7,11H,3-6,8H2,1-2H3. The maximum Gasteiger partial charge on any atom is 0.292 e. The highest BCUT2D eigenvalue weighted by Gasteiger charge is 2.30. The van der Waals surface area contributed by atoms with Crippen LogP contribution in [0.4, 0.5) is 0 Å². The van der Waals surface area contributed by atoms with E-state index in [9.17, 15) is 9.59 Å². The summed E-state index contributed by atoms with van der Waals surface area (Å²) in [4.78, 5) is 25.3. The Balaban J connectivity index is 2.13. The number of amides is 1. The number of carbonyl (C=O) groups is 2. The molecule has 1 amide bonds. The van der Waals surface area contributed by atoms with Gasteiger partial charge in [-0.05, 0) is 33.1 Å². The average Bonchev–Trinajstić information content (AvgIpc) is 2.75. The Morgan fingerprint density at radius 1 is 1.50 bits per heavy atom. The molecule has 0 aliphatic carbocycles. The van der Waals surface area contributed by atoms with E-state index >= 15 is 0 Å². The van der Waals surface area contributed by atoms with E-state index in [-0.39, 0.29) is 23.5 Å². The summed E-state index contributed by atoms with van der Waals surface area (Å²) in [5.41, 5.74) is 0.693. The minimum atomic E-state index is -0.151. The summed E-state index contributed by atoms with van der Waals surface area (Å²) in [6.07, 6.45) is 3.36. The van der Waals surface area contributed by atoms with Crippen LogP contribution in [-0.4, -0.2) is 34.3 Å². The van der Waals surface area contributed by atoms with Crippen LogP contribution >= 0.6 is 0 Å². The van der Waals surface area contributed by atoms with Gasteiger partial charge in [-0.25, -0.2) is 0 Å². The summed E-state index contributed by atoms with van der Waals surface area (Å²) >= 11 is 0. The first-order valence-corrected chi connectivity index (χ1v) is 6.31.